The van der Waals surface area contributed by atoms with E-state index >= 15 is 0 Å². The van der Waals surface area contributed by atoms with E-state index in [0.29, 0.717) is 0 Å². The Bertz CT molecular complexity index is 687. The van der Waals surface area contributed by atoms with Crippen LogP contribution in [0.25, 0.3) is 5.69 Å². The first kappa shape index (κ1) is 14.0. The molecule has 7 nitrogen and oxygen atoms in total. The van der Waals surface area contributed by atoms with Crippen molar-refractivity contribution in [3.8, 4) is 5.69 Å². The average Bonchev–Trinajstić information content (AvgIpc) is 2.80. The Balaban J connectivity index is 2.51. The van der Waals surface area contributed by atoms with Gasteiger partial charge in [-0.2, -0.15) is 10.2 Å². The summed E-state index contributed by atoms with van der Waals surface area (Å²) in [6.07, 6.45) is 4.02. The van der Waals surface area contributed by atoms with Gasteiger partial charge >= 0.3 is 5.97 Å². The number of nitrogens with zero attached hydrogens (tertiary/aromatic N) is 4. The van der Waals surface area contributed by atoms with Crippen LogP contribution in [0.15, 0.2) is 23.3 Å². The number of hydrogen-bond acceptors (Lipinski definition) is 5. The quantitative estimate of drug-likeness (QED) is 0.768. The molecule has 0 fully saturated rings. The summed E-state index contributed by atoms with van der Waals surface area (Å²) >= 11 is 0. The maximum atomic E-state index is 11.7. The van der Waals surface area contributed by atoms with E-state index < -0.39 is 11.4 Å². The molecule has 0 bridgehead atoms. The molecule has 0 spiro atoms. The number of carbonyl (C=O) groups excluding carboxylic acids is 1. The molecule has 0 saturated carbocycles. The molecule has 0 radical (unpaired) electrons. The van der Waals surface area contributed by atoms with Crippen molar-refractivity contribution in [1.29, 1.82) is 0 Å². The minimum absolute atomic E-state index is 0.196. The second-order valence-electron chi connectivity index (χ2n) is 4.18. The SMILES string of the molecule is CCOC(=O)c1nn(-c2cn(C)nc2CC)ccc1=O. The van der Waals surface area contributed by atoms with Crippen LogP contribution in [0.5, 0.6) is 0 Å². The minimum atomic E-state index is -0.714. The van der Waals surface area contributed by atoms with Crippen LogP contribution in [0.2, 0.25) is 0 Å². The molecule has 0 amide bonds. The lowest BCUT2D eigenvalue weighted by Crippen LogP contribution is -2.22. The van der Waals surface area contributed by atoms with E-state index in [4.69, 9.17) is 4.74 Å². The first-order chi connectivity index (χ1) is 9.56. The molecule has 20 heavy (non-hydrogen) atoms. The summed E-state index contributed by atoms with van der Waals surface area (Å²) in [5.74, 6) is -0.714. The fourth-order valence-corrected chi connectivity index (χ4v) is 1.85. The summed E-state index contributed by atoms with van der Waals surface area (Å²) in [7, 11) is 1.80. The molecule has 0 aromatic carbocycles. The molecule has 2 rings (SSSR count). The van der Waals surface area contributed by atoms with Crippen molar-refractivity contribution in [2.45, 2.75) is 20.3 Å². The first-order valence-electron chi connectivity index (χ1n) is 6.36. The largest absolute Gasteiger partial charge is 0.461 e. The van der Waals surface area contributed by atoms with Crippen LogP contribution < -0.4 is 5.43 Å². The molecule has 2 aromatic heterocycles. The summed E-state index contributed by atoms with van der Waals surface area (Å²) in [6, 6.07) is 1.30. The van der Waals surface area contributed by atoms with Crippen LogP contribution in [0, 0.1) is 0 Å². The molecular weight excluding hydrogens is 260 g/mol. The molecule has 0 aliphatic carbocycles. The highest BCUT2D eigenvalue weighted by Gasteiger charge is 2.16. The monoisotopic (exact) mass is 276 g/mol. The number of aryl methyl sites for hydroxylation is 2. The van der Waals surface area contributed by atoms with E-state index in [1.165, 1.54) is 16.9 Å². The van der Waals surface area contributed by atoms with E-state index in [0.717, 1.165) is 17.8 Å². The van der Waals surface area contributed by atoms with Crippen molar-refractivity contribution in [3.63, 3.8) is 0 Å². The van der Waals surface area contributed by atoms with Gasteiger partial charge in [0.15, 0.2) is 0 Å². The summed E-state index contributed by atoms with van der Waals surface area (Å²) in [5.41, 5.74) is 0.890. The van der Waals surface area contributed by atoms with E-state index in [9.17, 15) is 9.59 Å². The van der Waals surface area contributed by atoms with Gasteiger partial charge in [-0.1, -0.05) is 6.92 Å². The molecule has 0 saturated heterocycles. The normalized spacial score (nSPS) is 10.6. The average molecular weight is 276 g/mol. The lowest BCUT2D eigenvalue weighted by Gasteiger charge is -2.06. The van der Waals surface area contributed by atoms with Crippen LogP contribution in [0.4, 0.5) is 0 Å². The number of aromatic nitrogens is 4. The van der Waals surface area contributed by atoms with E-state index in [-0.39, 0.29) is 12.3 Å². The summed E-state index contributed by atoms with van der Waals surface area (Å²) in [5, 5.41) is 8.36. The molecule has 2 aromatic rings. The van der Waals surface area contributed by atoms with Crippen molar-refractivity contribution < 1.29 is 9.53 Å². The van der Waals surface area contributed by atoms with Crippen molar-refractivity contribution >= 4 is 5.97 Å². The van der Waals surface area contributed by atoms with Gasteiger partial charge in [0.25, 0.3) is 0 Å². The molecule has 106 valence electrons. The molecule has 0 atom stereocenters. The Kier molecular flexibility index (Phi) is 3.97. The predicted octanol–water partition coefficient (Wildman–Crippen LogP) is 0.705. The third-order valence-corrected chi connectivity index (χ3v) is 2.74. The number of carbonyl (C=O) groups is 1. The standard InChI is InChI=1S/C13H16N4O3/c1-4-9-10(8-16(3)14-9)17-7-6-11(18)12(15-17)13(19)20-5-2/h6-8H,4-5H2,1-3H3. The fourth-order valence-electron chi connectivity index (χ4n) is 1.85. The Morgan fingerprint density at radius 2 is 2.10 bits per heavy atom. The zero-order valence-corrected chi connectivity index (χ0v) is 11.7. The van der Waals surface area contributed by atoms with Crippen LogP contribution in [-0.2, 0) is 18.2 Å². The topological polar surface area (TPSA) is 79.0 Å². The number of ether oxygens (including phenoxy) is 1. The van der Waals surface area contributed by atoms with Crippen molar-refractivity contribution in [2.24, 2.45) is 7.05 Å². The van der Waals surface area contributed by atoms with Gasteiger partial charge in [0.05, 0.1) is 18.5 Å². The smallest absolute Gasteiger partial charge is 0.362 e. The molecule has 7 heteroatoms. The molecule has 0 aliphatic rings. The zero-order chi connectivity index (χ0) is 14.7. The van der Waals surface area contributed by atoms with Crippen molar-refractivity contribution in [1.82, 2.24) is 19.6 Å². The second-order valence-corrected chi connectivity index (χ2v) is 4.18. The highest BCUT2D eigenvalue weighted by Crippen LogP contribution is 2.11. The maximum Gasteiger partial charge on any atom is 0.362 e. The van der Waals surface area contributed by atoms with Crippen molar-refractivity contribution in [2.75, 3.05) is 6.61 Å². The second kappa shape index (κ2) is 5.68. The van der Waals surface area contributed by atoms with Gasteiger partial charge in [0.2, 0.25) is 11.1 Å². The number of esters is 1. The lowest BCUT2D eigenvalue weighted by atomic mass is 10.3. The minimum Gasteiger partial charge on any atom is -0.461 e. The molecule has 0 N–H and O–H groups in total. The Morgan fingerprint density at radius 3 is 2.75 bits per heavy atom. The van der Waals surface area contributed by atoms with Gasteiger partial charge < -0.3 is 4.74 Å². The zero-order valence-electron chi connectivity index (χ0n) is 11.7. The Labute approximate surface area is 115 Å². The van der Waals surface area contributed by atoms with E-state index in [1.807, 2.05) is 6.92 Å². The van der Waals surface area contributed by atoms with Gasteiger partial charge in [-0.15, -0.1) is 0 Å². The Hall–Kier alpha value is -2.44. The van der Waals surface area contributed by atoms with Crippen LogP contribution in [0.3, 0.4) is 0 Å². The van der Waals surface area contributed by atoms with Gasteiger partial charge in [0.1, 0.15) is 5.69 Å². The highest BCUT2D eigenvalue weighted by molar-refractivity contribution is 5.86. The molecular formula is C13H16N4O3. The van der Waals surface area contributed by atoms with E-state index in [2.05, 4.69) is 10.2 Å². The summed E-state index contributed by atoms with van der Waals surface area (Å²) < 4.78 is 7.96. The lowest BCUT2D eigenvalue weighted by molar-refractivity contribution is 0.0515. The van der Waals surface area contributed by atoms with Gasteiger partial charge in [-0.05, 0) is 13.3 Å². The van der Waals surface area contributed by atoms with Gasteiger partial charge in [0, 0.05) is 19.3 Å². The predicted molar refractivity (Wildman–Crippen MR) is 71.9 cm³/mol. The number of hydrogen-bond donors (Lipinski definition) is 0. The maximum absolute atomic E-state index is 11.7. The molecule has 2 heterocycles. The summed E-state index contributed by atoms with van der Waals surface area (Å²) in [6.45, 7) is 3.85. The van der Waals surface area contributed by atoms with Gasteiger partial charge in [-0.3, -0.25) is 9.48 Å². The molecule has 0 unspecified atom stereocenters. The van der Waals surface area contributed by atoms with Crippen molar-refractivity contribution in [3.05, 3.63) is 40.1 Å². The van der Waals surface area contributed by atoms with Gasteiger partial charge in [-0.25, -0.2) is 9.48 Å². The molecule has 0 aliphatic heterocycles. The third-order valence-electron chi connectivity index (χ3n) is 2.74. The first-order valence-corrected chi connectivity index (χ1v) is 6.36. The van der Waals surface area contributed by atoms with E-state index in [1.54, 1.807) is 24.9 Å². The van der Waals surface area contributed by atoms with Crippen LogP contribution in [0.1, 0.15) is 30.0 Å². The number of rotatable bonds is 4. The Morgan fingerprint density at radius 1 is 1.35 bits per heavy atom. The fraction of sp³-hybridized carbons (Fsp3) is 0.385. The third kappa shape index (κ3) is 2.61. The van der Waals surface area contributed by atoms with Crippen LogP contribution >= 0.6 is 0 Å². The summed E-state index contributed by atoms with van der Waals surface area (Å²) in [4.78, 5) is 23.4. The van der Waals surface area contributed by atoms with Crippen LogP contribution in [-0.4, -0.2) is 32.1 Å². The highest BCUT2D eigenvalue weighted by atomic mass is 16.5.